The molecule has 2 amide bonds. The number of hydrogen-bond acceptors (Lipinski definition) is 7. The van der Waals surface area contributed by atoms with Gasteiger partial charge in [-0.15, -0.1) is 0 Å². The summed E-state index contributed by atoms with van der Waals surface area (Å²) in [5.74, 6) is 0.175. The molecule has 0 saturated carbocycles. The van der Waals surface area contributed by atoms with Crippen LogP contribution in [0.15, 0.2) is 30.3 Å². The van der Waals surface area contributed by atoms with E-state index in [2.05, 4.69) is 31.4 Å². The fourth-order valence-corrected chi connectivity index (χ4v) is 3.91. The van der Waals surface area contributed by atoms with Crippen LogP contribution in [0.3, 0.4) is 0 Å². The quantitative estimate of drug-likeness (QED) is 0.281. The Morgan fingerprint density at radius 2 is 1.56 bits per heavy atom. The molecule has 0 radical (unpaired) electrons. The Bertz CT molecular complexity index is 750. The van der Waals surface area contributed by atoms with Gasteiger partial charge in [-0.1, -0.05) is 65.0 Å². The van der Waals surface area contributed by atoms with Crippen molar-refractivity contribution in [3.63, 3.8) is 0 Å². The van der Waals surface area contributed by atoms with Crippen molar-refractivity contribution in [2.75, 3.05) is 45.3 Å². The third kappa shape index (κ3) is 14.9. The average Bonchev–Trinajstić information content (AvgIpc) is 2.76. The molecule has 34 heavy (non-hydrogen) atoms. The van der Waals surface area contributed by atoms with Crippen molar-refractivity contribution in [1.82, 2.24) is 10.6 Å². The molecule has 0 aliphatic heterocycles. The predicted octanol–water partition coefficient (Wildman–Crippen LogP) is 3.78. The molecule has 0 heterocycles. The first kappa shape index (κ1) is 29.9. The second-order valence-corrected chi connectivity index (χ2v) is 10.8. The average molecular weight is 497 g/mol. The molecule has 0 aromatic heterocycles. The van der Waals surface area contributed by atoms with Gasteiger partial charge in [-0.25, -0.2) is 4.79 Å². The number of carbonyl (C=O) groups excluding carboxylic acids is 3. The van der Waals surface area contributed by atoms with Crippen LogP contribution >= 0.6 is 11.8 Å². The third-order valence-electron chi connectivity index (χ3n) is 4.57. The molecule has 1 aromatic rings. The van der Waals surface area contributed by atoms with Crippen molar-refractivity contribution in [2.45, 2.75) is 47.6 Å². The molecule has 1 rings (SSSR count). The predicted molar refractivity (Wildman–Crippen MR) is 135 cm³/mol. The molecular formula is C25H40N2O6S. The number of benzene rings is 1. The SMILES string of the molecule is CC(C)(C)CC(C)(C)C(=O)NCCOCCOCC(=O)NCCSC(=O)OCc1ccccc1. The van der Waals surface area contributed by atoms with Crippen LogP contribution in [0.5, 0.6) is 0 Å². The fourth-order valence-electron chi connectivity index (χ4n) is 3.40. The number of nitrogens with one attached hydrogen (secondary N) is 2. The van der Waals surface area contributed by atoms with E-state index < -0.39 is 5.41 Å². The summed E-state index contributed by atoms with van der Waals surface area (Å²) >= 11 is 1.02. The Hall–Kier alpha value is -2.10. The molecule has 192 valence electrons. The summed E-state index contributed by atoms with van der Waals surface area (Å²) in [5, 5.41) is 5.21. The normalized spacial score (nSPS) is 11.7. The van der Waals surface area contributed by atoms with Crippen LogP contribution in [-0.4, -0.2) is 62.4 Å². The Morgan fingerprint density at radius 3 is 2.24 bits per heavy atom. The van der Waals surface area contributed by atoms with E-state index in [1.807, 2.05) is 44.2 Å². The second-order valence-electron chi connectivity index (χ2n) is 9.76. The van der Waals surface area contributed by atoms with Crippen LogP contribution < -0.4 is 10.6 Å². The van der Waals surface area contributed by atoms with E-state index in [-0.39, 0.29) is 42.4 Å². The minimum absolute atomic E-state index is 0.0153. The molecule has 0 aliphatic carbocycles. The van der Waals surface area contributed by atoms with E-state index in [0.717, 1.165) is 23.7 Å². The Morgan fingerprint density at radius 1 is 0.882 bits per heavy atom. The Labute approximate surface area is 207 Å². The lowest BCUT2D eigenvalue weighted by molar-refractivity contribution is -0.131. The smallest absolute Gasteiger partial charge is 0.367 e. The van der Waals surface area contributed by atoms with E-state index in [1.165, 1.54) is 0 Å². The van der Waals surface area contributed by atoms with Crippen molar-refractivity contribution in [3.05, 3.63) is 35.9 Å². The highest BCUT2D eigenvalue weighted by molar-refractivity contribution is 8.13. The van der Waals surface area contributed by atoms with Crippen LogP contribution in [0.25, 0.3) is 0 Å². The molecule has 2 N–H and O–H groups in total. The summed E-state index contributed by atoms with van der Waals surface area (Å²) in [7, 11) is 0. The van der Waals surface area contributed by atoms with Gasteiger partial charge in [0.25, 0.3) is 0 Å². The molecule has 9 heteroatoms. The van der Waals surface area contributed by atoms with Gasteiger partial charge in [-0.05, 0) is 29.2 Å². The topological polar surface area (TPSA) is 103 Å². The number of ether oxygens (including phenoxy) is 3. The molecule has 0 bridgehead atoms. The zero-order valence-electron chi connectivity index (χ0n) is 21.1. The fraction of sp³-hybridized carbons (Fsp3) is 0.640. The first-order valence-corrected chi connectivity index (χ1v) is 12.5. The Balaban J connectivity index is 1.97. The van der Waals surface area contributed by atoms with Crippen LogP contribution in [-0.2, 0) is 30.4 Å². The van der Waals surface area contributed by atoms with E-state index in [0.29, 0.717) is 32.1 Å². The molecule has 0 atom stereocenters. The summed E-state index contributed by atoms with van der Waals surface area (Å²) in [4.78, 5) is 35.8. The van der Waals surface area contributed by atoms with Gasteiger partial charge in [-0.2, -0.15) is 0 Å². The maximum atomic E-state index is 12.3. The van der Waals surface area contributed by atoms with Crippen molar-refractivity contribution < 1.29 is 28.6 Å². The van der Waals surface area contributed by atoms with Crippen molar-refractivity contribution in [3.8, 4) is 0 Å². The minimum Gasteiger partial charge on any atom is -0.453 e. The summed E-state index contributed by atoms with van der Waals surface area (Å²) < 4.78 is 15.9. The zero-order valence-corrected chi connectivity index (χ0v) is 21.9. The van der Waals surface area contributed by atoms with Crippen LogP contribution in [0.1, 0.15) is 46.6 Å². The zero-order chi connectivity index (χ0) is 25.5. The minimum atomic E-state index is -0.435. The molecule has 0 unspecified atom stereocenters. The van der Waals surface area contributed by atoms with Gasteiger partial charge in [0.15, 0.2) is 0 Å². The van der Waals surface area contributed by atoms with Crippen LogP contribution in [0, 0.1) is 10.8 Å². The van der Waals surface area contributed by atoms with Gasteiger partial charge in [0.1, 0.15) is 13.2 Å². The largest absolute Gasteiger partial charge is 0.453 e. The van der Waals surface area contributed by atoms with E-state index in [4.69, 9.17) is 14.2 Å². The number of amides is 2. The van der Waals surface area contributed by atoms with E-state index in [9.17, 15) is 14.4 Å². The molecule has 8 nitrogen and oxygen atoms in total. The highest BCUT2D eigenvalue weighted by Crippen LogP contribution is 2.33. The molecule has 0 aliphatic rings. The molecule has 0 spiro atoms. The highest BCUT2D eigenvalue weighted by Gasteiger charge is 2.32. The number of thioether (sulfide) groups is 1. The lowest BCUT2D eigenvalue weighted by Gasteiger charge is -2.31. The first-order valence-electron chi connectivity index (χ1n) is 11.5. The van der Waals surface area contributed by atoms with Crippen molar-refractivity contribution in [1.29, 1.82) is 0 Å². The summed E-state index contributed by atoms with van der Waals surface area (Å²) in [6, 6.07) is 9.44. The lowest BCUT2D eigenvalue weighted by Crippen LogP contribution is -2.40. The van der Waals surface area contributed by atoms with Crippen LogP contribution in [0.4, 0.5) is 4.79 Å². The summed E-state index contributed by atoms with van der Waals surface area (Å²) in [6.07, 6.45) is 0.791. The lowest BCUT2D eigenvalue weighted by atomic mass is 9.76. The first-order chi connectivity index (χ1) is 16.0. The van der Waals surface area contributed by atoms with Gasteiger partial charge >= 0.3 is 5.30 Å². The standard InChI is InChI=1S/C25H40N2O6S/c1-24(2,3)19-25(4,5)22(29)27-11-13-31-14-15-32-18-21(28)26-12-16-34-23(30)33-17-20-9-7-6-8-10-20/h6-10H,11-19H2,1-5H3,(H,26,28)(H,27,29). The van der Waals surface area contributed by atoms with Gasteiger partial charge < -0.3 is 24.8 Å². The van der Waals surface area contributed by atoms with Gasteiger partial charge in [-0.3, -0.25) is 9.59 Å². The van der Waals surface area contributed by atoms with E-state index >= 15 is 0 Å². The molecule has 1 aromatic carbocycles. The third-order valence-corrected chi connectivity index (χ3v) is 5.33. The van der Waals surface area contributed by atoms with Gasteiger partial charge in [0.05, 0.1) is 19.8 Å². The number of hydrogen-bond donors (Lipinski definition) is 2. The molecule has 0 fully saturated rings. The molecule has 0 saturated heterocycles. The van der Waals surface area contributed by atoms with Crippen LogP contribution in [0.2, 0.25) is 0 Å². The van der Waals surface area contributed by atoms with Gasteiger partial charge in [0.2, 0.25) is 11.8 Å². The van der Waals surface area contributed by atoms with E-state index in [1.54, 1.807) is 0 Å². The van der Waals surface area contributed by atoms with Gasteiger partial charge in [0, 0.05) is 24.3 Å². The number of rotatable bonds is 15. The monoisotopic (exact) mass is 496 g/mol. The second kappa shape index (κ2) is 15.7. The van der Waals surface area contributed by atoms with Crippen molar-refractivity contribution in [2.24, 2.45) is 10.8 Å². The Kier molecular flexibility index (Phi) is 13.9. The highest BCUT2D eigenvalue weighted by atomic mass is 32.2. The summed E-state index contributed by atoms with van der Waals surface area (Å²) in [5.41, 5.74) is 0.569. The molecular weight excluding hydrogens is 456 g/mol. The maximum Gasteiger partial charge on any atom is 0.367 e. The summed E-state index contributed by atoms with van der Waals surface area (Å²) in [6.45, 7) is 12.2. The van der Waals surface area contributed by atoms with Crippen molar-refractivity contribution >= 4 is 28.9 Å². The number of carbonyl (C=O) groups is 3. The maximum absolute atomic E-state index is 12.3.